The van der Waals surface area contributed by atoms with E-state index >= 15 is 0 Å². The molecular formula is C13H25N3S. The summed E-state index contributed by atoms with van der Waals surface area (Å²) < 4.78 is 2.11. The van der Waals surface area contributed by atoms with Crippen LogP contribution in [0.2, 0.25) is 0 Å². The number of nitrogens with zero attached hydrogens (tertiary/aromatic N) is 3. The van der Waals surface area contributed by atoms with Crippen LogP contribution in [0.25, 0.3) is 0 Å². The first-order chi connectivity index (χ1) is 8.13. The highest BCUT2D eigenvalue weighted by Gasteiger charge is 2.04. The molecule has 1 aromatic rings. The Morgan fingerprint density at radius 3 is 2.82 bits per heavy atom. The van der Waals surface area contributed by atoms with Gasteiger partial charge in [-0.1, -0.05) is 6.92 Å². The van der Waals surface area contributed by atoms with Gasteiger partial charge in [0, 0.05) is 31.1 Å². The Bertz CT molecular complexity index is 311. The van der Waals surface area contributed by atoms with Gasteiger partial charge in [0.15, 0.2) is 0 Å². The van der Waals surface area contributed by atoms with Gasteiger partial charge in [-0.3, -0.25) is 0 Å². The molecule has 1 atom stereocenters. The van der Waals surface area contributed by atoms with Crippen molar-refractivity contribution < 1.29 is 0 Å². The van der Waals surface area contributed by atoms with Crippen molar-refractivity contribution in [3.63, 3.8) is 0 Å². The average Bonchev–Trinajstić information content (AvgIpc) is 2.72. The second kappa shape index (κ2) is 7.77. The van der Waals surface area contributed by atoms with Gasteiger partial charge in [-0.25, -0.2) is 4.98 Å². The van der Waals surface area contributed by atoms with Crippen molar-refractivity contribution in [2.24, 2.45) is 7.05 Å². The Hall–Kier alpha value is -0.480. The molecule has 0 amide bonds. The lowest BCUT2D eigenvalue weighted by molar-refractivity contribution is 0.324. The standard InChI is InChI=1S/C13H25N3S/c1-12(17-4)7-10-15(2)9-5-6-13-14-8-11-16(13)3/h8,11-12H,5-7,9-10H2,1-4H3/t12-/m1/s1. The number of aromatic nitrogens is 2. The van der Waals surface area contributed by atoms with E-state index in [1.165, 1.54) is 25.2 Å². The summed E-state index contributed by atoms with van der Waals surface area (Å²) in [4.78, 5) is 6.77. The molecule has 0 aliphatic heterocycles. The van der Waals surface area contributed by atoms with Gasteiger partial charge in [0.25, 0.3) is 0 Å². The van der Waals surface area contributed by atoms with E-state index in [9.17, 15) is 0 Å². The summed E-state index contributed by atoms with van der Waals surface area (Å²) in [6.07, 6.45) is 9.62. The number of rotatable bonds is 8. The quantitative estimate of drug-likeness (QED) is 0.712. The molecule has 0 saturated carbocycles. The van der Waals surface area contributed by atoms with Crippen molar-refractivity contribution in [1.29, 1.82) is 0 Å². The van der Waals surface area contributed by atoms with Gasteiger partial charge in [0.2, 0.25) is 0 Å². The molecule has 0 bridgehead atoms. The second-order valence-corrected chi connectivity index (χ2v) is 5.97. The Morgan fingerprint density at radius 2 is 2.24 bits per heavy atom. The molecule has 17 heavy (non-hydrogen) atoms. The van der Waals surface area contributed by atoms with Crippen molar-refractivity contribution in [1.82, 2.24) is 14.5 Å². The minimum absolute atomic E-state index is 0.770. The first-order valence-corrected chi connectivity index (χ1v) is 7.59. The lowest BCUT2D eigenvalue weighted by atomic mass is 10.2. The van der Waals surface area contributed by atoms with Gasteiger partial charge in [-0.2, -0.15) is 11.8 Å². The molecule has 0 N–H and O–H groups in total. The molecule has 0 radical (unpaired) electrons. The normalized spacial score (nSPS) is 13.2. The van der Waals surface area contributed by atoms with Crippen LogP contribution < -0.4 is 0 Å². The van der Waals surface area contributed by atoms with E-state index < -0.39 is 0 Å². The van der Waals surface area contributed by atoms with E-state index in [2.05, 4.69) is 41.7 Å². The highest BCUT2D eigenvalue weighted by Crippen LogP contribution is 2.10. The first-order valence-electron chi connectivity index (χ1n) is 6.31. The molecule has 1 rings (SSSR count). The van der Waals surface area contributed by atoms with Gasteiger partial charge in [-0.05, 0) is 39.2 Å². The highest BCUT2D eigenvalue weighted by atomic mass is 32.2. The number of thioether (sulfide) groups is 1. The van der Waals surface area contributed by atoms with Crippen LogP contribution in [0.3, 0.4) is 0 Å². The zero-order valence-corrected chi connectivity index (χ0v) is 12.3. The molecule has 0 fully saturated rings. The third-order valence-electron chi connectivity index (χ3n) is 3.18. The number of imidazole rings is 1. The van der Waals surface area contributed by atoms with E-state index in [0.717, 1.165) is 18.2 Å². The molecule has 0 saturated heterocycles. The van der Waals surface area contributed by atoms with Gasteiger partial charge in [0.05, 0.1) is 0 Å². The van der Waals surface area contributed by atoms with Crippen molar-refractivity contribution in [2.45, 2.75) is 31.4 Å². The third kappa shape index (κ3) is 5.59. The number of hydrogen-bond acceptors (Lipinski definition) is 3. The molecule has 0 spiro atoms. The first kappa shape index (κ1) is 14.6. The zero-order chi connectivity index (χ0) is 12.7. The van der Waals surface area contributed by atoms with E-state index in [-0.39, 0.29) is 0 Å². The summed E-state index contributed by atoms with van der Waals surface area (Å²) in [6.45, 7) is 4.66. The van der Waals surface area contributed by atoms with Gasteiger partial charge in [0.1, 0.15) is 5.82 Å². The van der Waals surface area contributed by atoms with Crippen LogP contribution in [-0.4, -0.2) is 46.1 Å². The Labute approximate surface area is 110 Å². The molecule has 0 aliphatic rings. The Balaban J connectivity index is 2.12. The fourth-order valence-corrected chi connectivity index (χ4v) is 2.12. The zero-order valence-electron chi connectivity index (χ0n) is 11.5. The largest absolute Gasteiger partial charge is 0.338 e. The maximum Gasteiger partial charge on any atom is 0.108 e. The molecule has 0 unspecified atom stereocenters. The maximum absolute atomic E-state index is 4.34. The molecule has 1 aromatic heterocycles. The van der Waals surface area contributed by atoms with Crippen molar-refractivity contribution in [3.8, 4) is 0 Å². The molecule has 0 aliphatic carbocycles. The van der Waals surface area contributed by atoms with E-state index in [0.29, 0.717) is 0 Å². The van der Waals surface area contributed by atoms with Crippen LogP contribution >= 0.6 is 11.8 Å². The van der Waals surface area contributed by atoms with Gasteiger partial charge < -0.3 is 9.47 Å². The van der Waals surface area contributed by atoms with Crippen LogP contribution in [0, 0.1) is 0 Å². The Morgan fingerprint density at radius 1 is 1.47 bits per heavy atom. The van der Waals surface area contributed by atoms with Crippen molar-refractivity contribution in [3.05, 3.63) is 18.2 Å². The topological polar surface area (TPSA) is 21.1 Å². The maximum atomic E-state index is 4.34. The molecule has 4 heteroatoms. The van der Waals surface area contributed by atoms with Gasteiger partial charge >= 0.3 is 0 Å². The Kier molecular flexibility index (Phi) is 6.66. The van der Waals surface area contributed by atoms with E-state index in [4.69, 9.17) is 0 Å². The van der Waals surface area contributed by atoms with Crippen LogP contribution in [0.4, 0.5) is 0 Å². The summed E-state index contributed by atoms with van der Waals surface area (Å²) in [6, 6.07) is 0. The summed E-state index contributed by atoms with van der Waals surface area (Å²) >= 11 is 1.95. The summed E-state index contributed by atoms with van der Waals surface area (Å²) in [7, 11) is 4.28. The fraction of sp³-hybridized carbons (Fsp3) is 0.769. The van der Waals surface area contributed by atoms with Crippen LogP contribution in [0.5, 0.6) is 0 Å². The monoisotopic (exact) mass is 255 g/mol. The average molecular weight is 255 g/mol. The lowest BCUT2D eigenvalue weighted by Crippen LogP contribution is -2.23. The molecule has 0 aromatic carbocycles. The molecular weight excluding hydrogens is 230 g/mol. The fourth-order valence-electron chi connectivity index (χ4n) is 1.78. The van der Waals surface area contributed by atoms with E-state index in [1.807, 2.05) is 24.2 Å². The second-order valence-electron chi connectivity index (χ2n) is 4.70. The van der Waals surface area contributed by atoms with Gasteiger partial charge in [-0.15, -0.1) is 0 Å². The number of hydrogen-bond donors (Lipinski definition) is 0. The predicted octanol–water partition coefficient (Wildman–Crippen LogP) is 2.43. The molecule has 98 valence electrons. The molecule has 1 heterocycles. The van der Waals surface area contributed by atoms with Crippen molar-refractivity contribution in [2.75, 3.05) is 26.4 Å². The summed E-state index contributed by atoms with van der Waals surface area (Å²) in [5.41, 5.74) is 0. The SMILES string of the molecule is CS[C@H](C)CCN(C)CCCc1nccn1C. The predicted molar refractivity (Wildman–Crippen MR) is 76.6 cm³/mol. The number of aryl methyl sites for hydroxylation is 2. The van der Waals surface area contributed by atoms with Crippen LogP contribution in [-0.2, 0) is 13.5 Å². The minimum atomic E-state index is 0.770. The smallest absolute Gasteiger partial charge is 0.108 e. The lowest BCUT2D eigenvalue weighted by Gasteiger charge is -2.18. The van der Waals surface area contributed by atoms with Crippen LogP contribution in [0.1, 0.15) is 25.6 Å². The summed E-state index contributed by atoms with van der Waals surface area (Å²) in [5.74, 6) is 1.19. The summed E-state index contributed by atoms with van der Waals surface area (Å²) in [5, 5.41) is 0.770. The third-order valence-corrected chi connectivity index (χ3v) is 4.22. The van der Waals surface area contributed by atoms with E-state index in [1.54, 1.807) is 0 Å². The van der Waals surface area contributed by atoms with Crippen LogP contribution in [0.15, 0.2) is 12.4 Å². The van der Waals surface area contributed by atoms with Crippen molar-refractivity contribution >= 4 is 11.8 Å². The minimum Gasteiger partial charge on any atom is -0.338 e. The highest BCUT2D eigenvalue weighted by molar-refractivity contribution is 7.99. The molecule has 3 nitrogen and oxygen atoms in total.